The quantitative estimate of drug-likeness (QED) is 0.767. The Bertz CT molecular complexity index is 677. The molecule has 1 unspecified atom stereocenters. The topological polar surface area (TPSA) is 74.2 Å². The molecule has 0 aliphatic heterocycles. The van der Waals surface area contributed by atoms with Crippen LogP contribution in [0.2, 0.25) is 0 Å². The van der Waals surface area contributed by atoms with Crippen LogP contribution in [-0.2, 0) is 0 Å². The monoisotopic (exact) mass is 377 g/mol. The van der Waals surface area contributed by atoms with Crippen LogP contribution in [0.4, 0.5) is 29.5 Å². The number of nitrogens with zero attached hydrogens (tertiary/aromatic N) is 4. The maximum Gasteiger partial charge on any atom is 0.408 e. The number of aliphatic hydroxyl groups is 1. The molecule has 146 valence electrons. The van der Waals surface area contributed by atoms with E-state index in [2.05, 4.69) is 20.3 Å². The molecule has 2 N–H and O–H groups in total. The Balaban J connectivity index is 2.49. The molecule has 0 saturated carbocycles. The van der Waals surface area contributed by atoms with Crippen molar-refractivity contribution in [2.24, 2.45) is 0 Å². The molecule has 0 spiro atoms. The van der Waals surface area contributed by atoms with Gasteiger partial charge in [0.2, 0.25) is 11.9 Å². The number of hydrogen-bond acceptors (Lipinski definition) is 6. The summed E-state index contributed by atoms with van der Waals surface area (Å²) in [6.45, 7) is 4.66. The lowest BCUT2D eigenvalue weighted by atomic mass is 9.96. The highest BCUT2D eigenvalue weighted by Gasteiger charge is 2.37. The van der Waals surface area contributed by atoms with E-state index in [-0.39, 0.29) is 35.8 Å². The highest BCUT2D eigenvalue weighted by Crippen LogP contribution is 2.33. The van der Waals surface area contributed by atoms with Gasteiger partial charge < -0.3 is 15.3 Å². The first-order chi connectivity index (χ1) is 12.0. The second-order valence-corrected chi connectivity index (χ2v) is 6.63. The normalized spacial score (nSPS) is 19.7. The number of nitrogens with one attached hydrogen (secondary N) is 1. The highest BCUT2D eigenvalue weighted by atomic mass is 19.4. The van der Waals surface area contributed by atoms with Gasteiger partial charge in [0, 0.05) is 18.7 Å². The summed E-state index contributed by atoms with van der Waals surface area (Å²) in [4.78, 5) is 13.9. The number of halogens is 4. The second-order valence-electron chi connectivity index (χ2n) is 6.63. The van der Waals surface area contributed by atoms with Gasteiger partial charge in [-0.2, -0.15) is 28.1 Å². The molecule has 2 atom stereocenters. The van der Waals surface area contributed by atoms with E-state index in [1.807, 2.05) is 13.8 Å². The van der Waals surface area contributed by atoms with E-state index >= 15 is 0 Å². The Morgan fingerprint density at radius 1 is 1.19 bits per heavy atom. The third kappa shape index (κ3) is 4.60. The molecule has 0 amide bonds. The molecule has 1 heterocycles. The Morgan fingerprint density at radius 2 is 1.85 bits per heavy atom. The predicted molar refractivity (Wildman–Crippen MR) is 90.4 cm³/mol. The van der Waals surface area contributed by atoms with Gasteiger partial charge in [-0.15, -0.1) is 0 Å². The van der Waals surface area contributed by atoms with Crippen LogP contribution < -0.4 is 10.2 Å². The van der Waals surface area contributed by atoms with Crippen LogP contribution in [0.3, 0.4) is 0 Å². The third-order valence-electron chi connectivity index (χ3n) is 4.31. The number of anilines is 2. The molecule has 1 aliphatic rings. The van der Waals surface area contributed by atoms with Gasteiger partial charge in [-0.1, -0.05) is 0 Å². The van der Waals surface area contributed by atoms with Gasteiger partial charge in [-0.05, 0) is 40.0 Å². The van der Waals surface area contributed by atoms with Gasteiger partial charge in [-0.3, -0.25) is 0 Å². The van der Waals surface area contributed by atoms with Gasteiger partial charge in [0.05, 0.1) is 0 Å². The molecule has 0 bridgehead atoms. The zero-order valence-electron chi connectivity index (χ0n) is 15.1. The van der Waals surface area contributed by atoms with Crippen LogP contribution in [0, 0.1) is 0 Å². The van der Waals surface area contributed by atoms with Crippen LogP contribution in [0.15, 0.2) is 5.83 Å². The number of alkyl halides is 3. The van der Waals surface area contributed by atoms with E-state index in [1.54, 1.807) is 11.9 Å². The Hall–Kier alpha value is -1.97. The van der Waals surface area contributed by atoms with E-state index in [1.165, 1.54) is 0 Å². The summed E-state index contributed by atoms with van der Waals surface area (Å²) < 4.78 is 52.8. The molecule has 0 fully saturated rings. The van der Waals surface area contributed by atoms with Crippen LogP contribution in [0.5, 0.6) is 0 Å². The van der Waals surface area contributed by atoms with Gasteiger partial charge in [0.25, 0.3) is 0 Å². The fourth-order valence-electron chi connectivity index (χ4n) is 2.37. The second kappa shape index (κ2) is 7.73. The van der Waals surface area contributed by atoms with Crippen LogP contribution in [-0.4, -0.2) is 51.5 Å². The summed E-state index contributed by atoms with van der Waals surface area (Å²) in [7, 11) is 1.68. The molecular formula is C16H23F4N5O. The van der Waals surface area contributed by atoms with E-state index in [9.17, 15) is 22.7 Å². The van der Waals surface area contributed by atoms with Crippen molar-refractivity contribution >= 4 is 17.5 Å². The summed E-state index contributed by atoms with van der Waals surface area (Å²) >= 11 is 0. The molecule has 2 rings (SSSR count). The molecule has 6 nitrogen and oxygen atoms in total. The number of aliphatic hydroxyl groups excluding tert-OH is 1. The van der Waals surface area contributed by atoms with Crippen molar-refractivity contribution in [1.29, 1.82) is 0 Å². The minimum Gasteiger partial charge on any atom is -0.386 e. The SMILES string of the molecule is CC(C)N(C)c1nc(N[C@H](C)C(F)(F)F)nc(C2=C(F)C(O)CCC2)n1. The first kappa shape index (κ1) is 20.3. The molecule has 0 aromatic carbocycles. The van der Waals surface area contributed by atoms with Crippen molar-refractivity contribution in [1.82, 2.24) is 15.0 Å². The lowest BCUT2D eigenvalue weighted by Crippen LogP contribution is -2.34. The largest absolute Gasteiger partial charge is 0.408 e. The minimum absolute atomic E-state index is 0.0334. The standard InChI is InChI=1S/C16H23F4N5O/c1-8(2)25(4)15-23-13(10-6-5-7-11(26)12(10)17)22-14(24-15)21-9(3)16(18,19)20/h8-9,11,26H,5-7H2,1-4H3,(H,21,22,23,24)/t9-,11?/m1/s1. The predicted octanol–water partition coefficient (Wildman–Crippen LogP) is 3.30. The number of aromatic nitrogens is 3. The van der Waals surface area contributed by atoms with Crippen molar-refractivity contribution in [2.75, 3.05) is 17.3 Å². The molecule has 0 radical (unpaired) electrons. The van der Waals surface area contributed by atoms with E-state index < -0.39 is 24.1 Å². The lowest BCUT2D eigenvalue weighted by molar-refractivity contribution is -0.138. The maximum atomic E-state index is 14.3. The molecular weight excluding hydrogens is 354 g/mol. The van der Waals surface area contributed by atoms with Crippen molar-refractivity contribution in [2.45, 2.75) is 64.4 Å². The fourth-order valence-corrected chi connectivity index (χ4v) is 2.37. The Kier molecular flexibility index (Phi) is 6.05. The Morgan fingerprint density at radius 3 is 2.42 bits per heavy atom. The van der Waals surface area contributed by atoms with Crippen molar-refractivity contribution in [3.05, 3.63) is 11.7 Å². The first-order valence-corrected chi connectivity index (χ1v) is 8.39. The zero-order valence-corrected chi connectivity index (χ0v) is 15.1. The summed E-state index contributed by atoms with van der Waals surface area (Å²) in [5.41, 5.74) is 0.104. The Labute approximate surface area is 149 Å². The van der Waals surface area contributed by atoms with Crippen LogP contribution >= 0.6 is 0 Å². The first-order valence-electron chi connectivity index (χ1n) is 8.39. The van der Waals surface area contributed by atoms with Crippen molar-refractivity contribution < 1.29 is 22.7 Å². The van der Waals surface area contributed by atoms with Gasteiger partial charge in [0.15, 0.2) is 5.82 Å². The van der Waals surface area contributed by atoms with Crippen molar-refractivity contribution in [3.63, 3.8) is 0 Å². The van der Waals surface area contributed by atoms with Crippen molar-refractivity contribution in [3.8, 4) is 0 Å². The van der Waals surface area contributed by atoms with Gasteiger partial charge in [-0.25, -0.2) is 4.39 Å². The summed E-state index contributed by atoms with van der Waals surface area (Å²) in [6.07, 6.45) is -4.61. The van der Waals surface area contributed by atoms with Crippen LogP contribution in [0.25, 0.3) is 5.57 Å². The molecule has 1 aliphatic carbocycles. The van der Waals surface area contributed by atoms with E-state index in [0.29, 0.717) is 12.8 Å². The van der Waals surface area contributed by atoms with Gasteiger partial charge >= 0.3 is 6.18 Å². The zero-order chi connectivity index (χ0) is 19.6. The number of rotatable bonds is 5. The maximum absolute atomic E-state index is 14.3. The molecule has 1 aromatic heterocycles. The lowest BCUT2D eigenvalue weighted by Gasteiger charge is -2.24. The average Bonchev–Trinajstić information content (AvgIpc) is 2.55. The molecule has 0 saturated heterocycles. The van der Waals surface area contributed by atoms with E-state index in [0.717, 1.165) is 6.92 Å². The number of allylic oxidation sites excluding steroid dienone is 1. The fraction of sp³-hybridized carbons (Fsp3) is 0.688. The van der Waals surface area contributed by atoms with Crippen LogP contribution in [0.1, 0.15) is 45.9 Å². The smallest absolute Gasteiger partial charge is 0.386 e. The third-order valence-corrected chi connectivity index (χ3v) is 4.31. The molecule has 26 heavy (non-hydrogen) atoms. The number of hydrogen-bond donors (Lipinski definition) is 2. The van der Waals surface area contributed by atoms with Gasteiger partial charge in [0.1, 0.15) is 18.0 Å². The molecule has 10 heteroatoms. The molecule has 1 aromatic rings. The van der Waals surface area contributed by atoms with E-state index in [4.69, 9.17) is 0 Å². The average molecular weight is 377 g/mol. The minimum atomic E-state index is -4.48. The summed E-state index contributed by atoms with van der Waals surface area (Å²) in [5, 5.41) is 11.9. The summed E-state index contributed by atoms with van der Waals surface area (Å²) in [6, 6.07) is -1.92. The highest BCUT2D eigenvalue weighted by molar-refractivity contribution is 5.65. The summed E-state index contributed by atoms with van der Waals surface area (Å²) in [5.74, 6) is -0.962.